The summed E-state index contributed by atoms with van der Waals surface area (Å²) in [6.45, 7) is 1.16. The van der Waals surface area contributed by atoms with Gasteiger partial charge in [0, 0.05) is 6.92 Å². The van der Waals surface area contributed by atoms with Crippen LogP contribution in [0.3, 0.4) is 0 Å². The summed E-state index contributed by atoms with van der Waals surface area (Å²) < 4.78 is 8.94. The van der Waals surface area contributed by atoms with Crippen molar-refractivity contribution in [2.45, 2.75) is 25.6 Å². The molecule has 6 nitrogen and oxygen atoms in total. The third-order valence-corrected chi connectivity index (χ3v) is 1.75. The Morgan fingerprint density at radius 2 is 1.93 bits per heavy atom. The van der Waals surface area contributed by atoms with Crippen LogP contribution in [0.25, 0.3) is 0 Å². The Hall–Kier alpha value is -1.72. The molecule has 2 atom stereocenters. The van der Waals surface area contributed by atoms with E-state index < -0.39 is 29.7 Å². The van der Waals surface area contributed by atoms with Crippen LogP contribution in [0.2, 0.25) is 0 Å². The summed E-state index contributed by atoms with van der Waals surface area (Å²) in [5, 5.41) is 0. The van der Waals surface area contributed by atoms with Gasteiger partial charge in [-0.05, 0) is 0 Å². The average molecular weight is 200 g/mol. The minimum absolute atomic E-state index is 0.0532. The fraction of sp³-hybridized carbons (Fsp3) is 0.500. The number of ketones is 2. The van der Waals surface area contributed by atoms with E-state index in [1.54, 1.807) is 0 Å². The molecule has 0 aromatic rings. The number of Topliss-reactive ketones (excluding diaryl/α,β-unsaturated/α-hetero) is 2. The Kier molecular flexibility index (Phi) is 2.95. The minimum Gasteiger partial charge on any atom is -0.452 e. The Labute approximate surface area is 79.2 Å². The van der Waals surface area contributed by atoms with Gasteiger partial charge in [-0.25, -0.2) is 0 Å². The van der Waals surface area contributed by atoms with Gasteiger partial charge in [0.15, 0.2) is 11.6 Å². The number of ether oxygens (including phenoxy) is 2. The van der Waals surface area contributed by atoms with Gasteiger partial charge in [0.25, 0.3) is 6.47 Å². The summed E-state index contributed by atoms with van der Waals surface area (Å²) >= 11 is 0. The molecule has 1 fully saturated rings. The maximum absolute atomic E-state index is 11.1. The molecule has 0 radical (unpaired) electrons. The van der Waals surface area contributed by atoms with Crippen LogP contribution in [0.15, 0.2) is 0 Å². The first-order valence-corrected chi connectivity index (χ1v) is 3.88. The van der Waals surface area contributed by atoms with Gasteiger partial charge in [-0.1, -0.05) is 0 Å². The van der Waals surface area contributed by atoms with Crippen molar-refractivity contribution in [1.82, 2.24) is 0 Å². The molecule has 14 heavy (non-hydrogen) atoms. The summed E-state index contributed by atoms with van der Waals surface area (Å²) in [5.41, 5.74) is 0. The van der Waals surface area contributed by atoms with Crippen molar-refractivity contribution in [3.05, 3.63) is 0 Å². The Morgan fingerprint density at radius 3 is 2.43 bits per heavy atom. The molecule has 0 aliphatic heterocycles. The Morgan fingerprint density at radius 1 is 1.36 bits per heavy atom. The van der Waals surface area contributed by atoms with E-state index in [1.807, 2.05) is 0 Å². The standard InChI is InChI=1S/C8H8O6/c1-4(10)14-8-6(12)2-5(11)7(8)13-3-9/h3,7-8H,2H2,1H3/t7-,8-/m0/s1. The molecule has 0 spiro atoms. The fourth-order valence-corrected chi connectivity index (χ4v) is 1.22. The smallest absolute Gasteiger partial charge is 0.303 e. The Bertz CT molecular complexity index is 294. The highest BCUT2D eigenvalue weighted by Gasteiger charge is 2.45. The van der Waals surface area contributed by atoms with E-state index in [0.717, 1.165) is 6.92 Å². The van der Waals surface area contributed by atoms with Gasteiger partial charge >= 0.3 is 5.97 Å². The zero-order valence-electron chi connectivity index (χ0n) is 7.39. The van der Waals surface area contributed by atoms with Gasteiger partial charge in [-0.3, -0.25) is 19.2 Å². The Balaban J connectivity index is 2.77. The third kappa shape index (κ3) is 1.95. The van der Waals surface area contributed by atoms with Gasteiger partial charge in [-0.15, -0.1) is 0 Å². The maximum atomic E-state index is 11.1. The summed E-state index contributed by atoms with van der Waals surface area (Å²) in [6, 6.07) is 0. The van der Waals surface area contributed by atoms with Crippen molar-refractivity contribution < 1.29 is 28.7 Å². The van der Waals surface area contributed by atoms with Gasteiger partial charge < -0.3 is 9.47 Å². The molecule has 76 valence electrons. The highest BCUT2D eigenvalue weighted by Crippen LogP contribution is 2.18. The summed E-state index contributed by atoms with van der Waals surface area (Å²) in [7, 11) is 0. The zero-order valence-corrected chi connectivity index (χ0v) is 7.39. The van der Waals surface area contributed by atoms with Crippen LogP contribution in [0, 0.1) is 0 Å². The van der Waals surface area contributed by atoms with Crippen molar-refractivity contribution in [1.29, 1.82) is 0 Å². The van der Waals surface area contributed by atoms with Crippen LogP contribution in [0.4, 0.5) is 0 Å². The summed E-state index contributed by atoms with van der Waals surface area (Å²) in [4.78, 5) is 42.8. The molecule has 0 amide bonds. The van der Waals surface area contributed by atoms with Crippen molar-refractivity contribution in [3.63, 3.8) is 0 Å². The van der Waals surface area contributed by atoms with Gasteiger partial charge in [-0.2, -0.15) is 0 Å². The molecule has 0 unspecified atom stereocenters. The topological polar surface area (TPSA) is 86.7 Å². The molecule has 1 aliphatic carbocycles. The zero-order chi connectivity index (χ0) is 10.7. The first-order valence-electron chi connectivity index (χ1n) is 3.88. The first-order chi connectivity index (χ1) is 6.56. The van der Waals surface area contributed by atoms with Crippen LogP contribution in [0.5, 0.6) is 0 Å². The highest BCUT2D eigenvalue weighted by molar-refractivity contribution is 6.12. The number of carbonyl (C=O) groups is 4. The van der Waals surface area contributed by atoms with E-state index in [1.165, 1.54) is 0 Å². The van der Waals surface area contributed by atoms with Crippen molar-refractivity contribution in [2.24, 2.45) is 0 Å². The molecule has 1 saturated carbocycles. The number of rotatable bonds is 3. The number of esters is 1. The van der Waals surface area contributed by atoms with E-state index in [9.17, 15) is 19.2 Å². The van der Waals surface area contributed by atoms with Crippen LogP contribution >= 0.6 is 0 Å². The molecule has 1 aliphatic rings. The minimum atomic E-state index is -1.27. The van der Waals surface area contributed by atoms with Crippen LogP contribution in [-0.2, 0) is 28.7 Å². The van der Waals surface area contributed by atoms with Crippen LogP contribution in [0.1, 0.15) is 13.3 Å². The third-order valence-electron chi connectivity index (χ3n) is 1.75. The SMILES string of the molecule is CC(=O)O[C@H]1C(=O)CC(=O)[C@@H]1OC=O. The van der Waals surface area contributed by atoms with E-state index in [4.69, 9.17) is 0 Å². The molecule has 0 heterocycles. The number of carbonyl (C=O) groups excluding carboxylic acids is 4. The lowest BCUT2D eigenvalue weighted by Gasteiger charge is -2.14. The molecular formula is C8H8O6. The second kappa shape index (κ2) is 3.99. The van der Waals surface area contributed by atoms with Crippen molar-refractivity contribution in [2.75, 3.05) is 0 Å². The molecule has 1 rings (SSSR count). The van der Waals surface area contributed by atoms with Gasteiger partial charge in [0.05, 0.1) is 6.42 Å². The molecule has 0 aromatic heterocycles. The molecule has 0 bridgehead atoms. The number of hydrogen-bond acceptors (Lipinski definition) is 6. The van der Waals surface area contributed by atoms with Crippen molar-refractivity contribution in [3.8, 4) is 0 Å². The molecule has 6 heteroatoms. The van der Waals surface area contributed by atoms with Crippen molar-refractivity contribution >= 4 is 24.0 Å². The van der Waals surface area contributed by atoms with E-state index >= 15 is 0 Å². The predicted molar refractivity (Wildman–Crippen MR) is 41.1 cm³/mol. The molecule has 0 aromatic carbocycles. The number of hydrogen-bond donors (Lipinski definition) is 0. The largest absolute Gasteiger partial charge is 0.452 e. The first kappa shape index (κ1) is 10.4. The van der Waals surface area contributed by atoms with E-state index in [0.29, 0.717) is 0 Å². The second-order valence-electron chi connectivity index (χ2n) is 2.79. The quantitative estimate of drug-likeness (QED) is 0.330. The lowest BCUT2D eigenvalue weighted by Crippen LogP contribution is -2.35. The normalized spacial score (nSPS) is 26.1. The molecular weight excluding hydrogens is 192 g/mol. The summed E-state index contributed by atoms with van der Waals surface area (Å²) in [5.74, 6) is -1.79. The van der Waals surface area contributed by atoms with E-state index in [-0.39, 0.29) is 12.9 Å². The maximum Gasteiger partial charge on any atom is 0.303 e. The summed E-state index contributed by atoms with van der Waals surface area (Å²) in [6.07, 6.45) is -2.91. The average Bonchev–Trinajstić information content (AvgIpc) is 2.31. The van der Waals surface area contributed by atoms with Gasteiger partial charge in [0.2, 0.25) is 12.2 Å². The molecule has 0 N–H and O–H groups in total. The van der Waals surface area contributed by atoms with Gasteiger partial charge in [0.1, 0.15) is 0 Å². The predicted octanol–water partition coefficient (Wildman–Crippen LogP) is -0.998. The van der Waals surface area contributed by atoms with Crippen LogP contribution in [-0.4, -0.2) is 36.2 Å². The van der Waals surface area contributed by atoms with Crippen LogP contribution < -0.4 is 0 Å². The highest BCUT2D eigenvalue weighted by atomic mass is 16.6. The lowest BCUT2D eigenvalue weighted by molar-refractivity contribution is -0.162. The van der Waals surface area contributed by atoms with E-state index in [2.05, 4.69) is 9.47 Å². The second-order valence-corrected chi connectivity index (χ2v) is 2.79. The fourth-order valence-electron chi connectivity index (χ4n) is 1.22. The monoisotopic (exact) mass is 200 g/mol. The lowest BCUT2D eigenvalue weighted by atomic mass is 10.2. The molecule has 0 saturated heterocycles.